The monoisotopic (exact) mass is 330 g/mol. The molecule has 1 atom stereocenters. The molecule has 1 N–H and O–H groups in total. The highest BCUT2D eigenvalue weighted by molar-refractivity contribution is 5.89. The van der Waals surface area contributed by atoms with Gasteiger partial charge in [0.25, 0.3) is 0 Å². The number of ether oxygens (including phenoxy) is 1. The molecule has 5 nitrogen and oxygen atoms in total. The zero-order chi connectivity index (χ0) is 17.0. The van der Waals surface area contributed by atoms with Gasteiger partial charge in [0.1, 0.15) is 0 Å². The van der Waals surface area contributed by atoms with E-state index in [1.807, 2.05) is 0 Å². The third-order valence-electron chi connectivity index (χ3n) is 3.70. The molecule has 0 aliphatic carbocycles. The minimum Gasteiger partial charge on any atom is -0.469 e. The van der Waals surface area contributed by atoms with E-state index >= 15 is 0 Å². The summed E-state index contributed by atoms with van der Waals surface area (Å²) in [6, 6.07) is 3.99. The molecule has 1 aromatic carbocycles. The molecule has 0 bridgehead atoms. The fourth-order valence-electron chi connectivity index (χ4n) is 2.48. The fraction of sp³-hybridized carbons (Fsp3) is 0.467. The number of carbonyl (C=O) groups excluding carboxylic acids is 2. The van der Waals surface area contributed by atoms with Gasteiger partial charge < -0.3 is 15.0 Å². The second-order valence-corrected chi connectivity index (χ2v) is 5.39. The summed E-state index contributed by atoms with van der Waals surface area (Å²) < 4.78 is 42.5. The molecule has 2 rings (SSSR count). The van der Waals surface area contributed by atoms with Crippen LogP contribution in [0.1, 0.15) is 18.4 Å². The number of amides is 2. The van der Waals surface area contributed by atoms with Crippen LogP contribution in [0.2, 0.25) is 0 Å². The summed E-state index contributed by atoms with van der Waals surface area (Å²) in [5.41, 5.74) is -0.735. The van der Waals surface area contributed by atoms with Crippen molar-refractivity contribution in [2.75, 3.05) is 25.5 Å². The summed E-state index contributed by atoms with van der Waals surface area (Å²) >= 11 is 0. The number of carbonyl (C=O) groups is 2. The van der Waals surface area contributed by atoms with Crippen LogP contribution in [0, 0.1) is 5.92 Å². The molecule has 23 heavy (non-hydrogen) atoms. The van der Waals surface area contributed by atoms with Crippen LogP contribution in [0.4, 0.5) is 23.7 Å². The minimum atomic E-state index is -4.46. The van der Waals surface area contributed by atoms with E-state index in [2.05, 4.69) is 10.1 Å². The van der Waals surface area contributed by atoms with Gasteiger partial charge in [-0.25, -0.2) is 4.79 Å². The molecule has 1 aliphatic rings. The van der Waals surface area contributed by atoms with Gasteiger partial charge in [-0.15, -0.1) is 0 Å². The molecule has 0 aromatic heterocycles. The van der Waals surface area contributed by atoms with Gasteiger partial charge in [-0.05, 0) is 30.5 Å². The van der Waals surface area contributed by atoms with Gasteiger partial charge in [0.2, 0.25) is 0 Å². The van der Waals surface area contributed by atoms with Crippen LogP contribution in [-0.4, -0.2) is 37.1 Å². The molecule has 0 unspecified atom stereocenters. The van der Waals surface area contributed by atoms with E-state index in [9.17, 15) is 22.8 Å². The Kier molecular flexibility index (Phi) is 5.12. The number of anilines is 1. The van der Waals surface area contributed by atoms with Gasteiger partial charge in [-0.3, -0.25) is 4.79 Å². The average molecular weight is 330 g/mol. The first kappa shape index (κ1) is 17.1. The molecule has 1 fully saturated rings. The summed E-state index contributed by atoms with van der Waals surface area (Å²) in [5.74, 6) is -0.329. The average Bonchev–Trinajstić information content (AvgIpc) is 2.95. The number of nitrogens with one attached hydrogen (secondary N) is 1. The largest absolute Gasteiger partial charge is 0.469 e. The van der Waals surface area contributed by atoms with E-state index in [-0.39, 0.29) is 24.0 Å². The molecule has 0 saturated carbocycles. The summed E-state index contributed by atoms with van der Waals surface area (Å²) in [6.07, 6.45) is -3.57. The maximum Gasteiger partial charge on any atom is 0.416 e. The van der Waals surface area contributed by atoms with Gasteiger partial charge in [0.05, 0.1) is 19.1 Å². The van der Waals surface area contributed by atoms with Gasteiger partial charge in [0.15, 0.2) is 0 Å². The quantitative estimate of drug-likeness (QED) is 0.866. The Bertz CT molecular complexity index is 590. The van der Waals surface area contributed by atoms with Gasteiger partial charge in [0, 0.05) is 18.8 Å². The summed E-state index contributed by atoms with van der Waals surface area (Å²) in [7, 11) is 1.30. The van der Waals surface area contributed by atoms with Crippen molar-refractivity contribution in [3.8, 4) is 0 Å². The van der Waals surface area contributed by atoms with E-state index in [0.29, 0.717) is 19.5 Å². The normalized spacial score (nSPS) is 17.9. The highest BCUT2D eigenvalue weighted by Crippen LogP contribution is 2.31. The Hall–Kier alpha value is -2.25. The number of esters is 1. The third kappa shape index (κ3) is 4.61. The van der Waals surface area contributed by atoms with Gasteiger partial charge in [-0.2, -0.15) is 13.2 Å². The number of likely N-dealkylation sites (tertiary alicyclic amines) is 1. The Morgan fingerprint density at radius 2 is 2.13 bits per heavy atom. The third-order valence-corrected chi connectivity index (χ3v) is 3.70. The van der Waals surface area contributed by atoms with E-state index in [1.165, 1.54) is 24.1 Å². The van der Waals surface area contributed by atoms with Crippen LogP contribution in [0.25, 0.3) is 0 Å². The molecular formula is C15H17F3N2O3. The van der Waals surface area contributed by atoms with Crippen molar-refractivity contribution < 1.29 is 27.5 Å². The summed E-state index contributed by atoms with van der Waals surface area (Å²) in [6.45, 7) is 0.826. The van der Waals surface area contributed by atoms with Crippen LogP contribution in [0.15, 0.2) is 24.3 Å². The highest BCUT2D eigenvalue weighted by Gasteiger charge is 2.31. The Morgan fingerprint density at radius 1 is 1.39 bits per heavy atom. The Balaban J connectivity index is 1.94. The van der Waals surface area contributed by atoms with Crippen molar-refractivity contribution in [1.82, 2.24) is 4.90 Å². The molecule has 8 heteroatoms. The molecule has 0 radical (unpaired) electrons. The summed E-state index contributed by atoms with van der Waals surface area (Å²) in [5, 5.41) is 2.46. The number of urea groups is 1. The number of rotatable bonds is 3. The lowest BCUT2D eigenvalue weighted by Crippen LogP contribution is -2.33. The number of nitrogens with zero attached hydrogens (tertiary/aromatic N) is 1. The smallest absolute Gasteiger partial charge is 0.416 e. The number of benzene rings is 1. The van der Waals surface area contributed by atoms with Crippen molar-refractivity contribution in [2.24, 2.45) is 5.92 Å². The lowest BCUT2D eigenvalue weighted by molar-refractivity contribution is -0.141. The second kappa shape index (κ2) is 6.89. The van der Waals surface area contributed by atoms with Gasteiger partial charge >= 0.3 is 18.2 Å². The maximum atomic E-state index is 12.6. The van der Waals surface area contributed by atoms with Crippen LogP contribution in [0.3, 0.4) is 0 Å². The van der Waals surface area contributed by atoms with E-state index in [4.69, 9.17) is 0 Å². The van der Waals surface area contributed by atoms with Crippen molar-refractivity contribution in [3.63, 3.8) is 0 Å². The minimum absolute atomic E-state index is 0.00899. The fourth-order valence-corrected chi connectivity index (χ4v) is 2.48. The van der Waals surface area contributed by atoms with Crippen LogP contribution in [0.5, 0.6) is 0 Å². The first-order chi connectivity index (χ1) is 10.8. The molecule has 126 valence electrons. The maximum absolute atomic E-state index is 12.6. The molecule has 2 amide bonds. The first-order valence-electron chi connectivity index (χ1n) is 7.09. The predicted octanol–water partition coefficient (Wildman–Crippen LogP) is 3.12. The molecule has 0 spiro atoms. The molecular weight excluding hydrogens is 313 g/mol. The lowest BCUT2D eigenvalue weighted by Gasteiger charge is -2.18. The Morgan fingerprint density at radius 3 is 2.78 bits per heavy atom. The molecule has 1 aliphatic heterocycles. The lowest BCUT2D eigenvalue weighted by atomic mass is 10.1. The number of methoxy groups -OCH3 is 1. The zero-order valence-electron chi connectivity index (χ0n) is 12.5. The highest BCUT2D eigenvalue weighted by atomic mass is 19.4. The first-order valence-corrected chi connectivity index (χ1v) is 7.09. The SMILES string of the molecule is COC(=O)C[C@@H]1CCN(C(=O)Nc2cccc(C(F)(F)F)c2)C1. The number of hydrogen-bond acceptors (Lipinski definition) is 3. The van der Waals surface area contributed by atoms with Crippen molar-refractivity contribution in [1.29, 1.82) is 0 Å². The topological polar surface area (TPSA) is 58.6 Å². The van der Waals surface area contributed by atoms with E-state index in [1.54, 1.807) is 0 Å². The van der Waals surface area contributed by atoms with Crippen molar-refractivity contribution in [2.45, 2.75) is 19.0 Å². The van der Waals surface area contributed by atoms with Crippen molar-refractivity contribution in [3.05, 3.63) is 29.8 Å². The standard InChI is InChI=1S/C15H17F3N2O3/c1-23-13(21)7-10-5-6-20(9-10)14(22)19-12-4-2-3-11(8-12)15(16,17)18/h2-4,8,10H,5-7,9H2,1H3,(H,19,22)/t10-/m0/s1. The molecule has 1 saturated heterocycles. The number of hydrogen-bond donors (Lipinski definition) is 1. The zero-order valence-corrected chi connectivity index (χ0v) is 12.5. The van der Waals surface area contributed by atoms with E-state index < -0.39 is 17.8 Å². The van der Waals surface area contributed by atoms with Crippen LogP contribution >= 0.6 is 0 Å². The molecule has 1 aromatic rings. The summed E-state index contributed by atoms with van der Waals surface area (Å²) in [4.78, 5) is 24.8. The van der Waals surface area contributed by atoms with E-state index in [0.717, 1.165) is 12.1 Å². The number of alkyl halides is 3. The van der Waals surface area contributed by atoms with Crippen LogP contribution < -0.4 is 5.32 Å². The van der Waals surface area contributed by atoms with Crippen LogP contribution in [-0.2, 0) is 15.7 Å². The second-order valence-electron chi connectivity index (χ2n) is 5.39. The molecule has 1 heterocycles. The predicted molar refractivity (Wildman–Crippen MR) is 76.8 cm³/mol. The van der Waals surface area contributed by atoms with Crippen molar-refractivity contribution >= 4 is 17.7 Å². The number of halogens is 3. The Labute approximate surface area is 131 Å². The van der Waals surface area contributed by atoms with Gasteiger partial charge in [-0.1, -0.05) is 6.07 Å².